The molecule has 0 saturated heterocycles. The highest BCUT2D eigenvalue weighted by Gasteiger charge is 2.23. The lowest BCUT2D eigenvalue weighted by Gasteiger charge is -2.23. The van der Waals surface area contributed by atoms with Crippen LogP contribution in [0.25, 0.3) is 0 Å². The van der Waals surface area contributed by atoms with E-state index in [1.54, 1.807) is 26.4 Å². The van der Waals surface area contributed by atoms with E-state index in [1.165, 1.54) is 0 Å². The molecule has 1 rings (SSSR count). The lowest BCUT2D eigenvalue weighted by molar-refractivity contribution is 0.0987. The summed E-state index contributed by atoms with van der Waals surface area (Å²) in [6.07, 6.45) is 3.59. The fraction of sp³-hybridized carbons (Fsp3) is 0.625. The summed E-state index contributed by atoms with van der Waals surface area (Å²) in [6, 6.07) is 3.48. The second kappa shape index (κ2) is 8.38. The van der Waals surface area contributed by atoms with Gasteiger partial charge in [-0.1, -0.05) is 44.7 Å². The smallest absolute Gasteiger partial charge is 0.162 e. The second-order valence-electron chi connectivity index (χ2n) is 4.98. The average Bonchev–Trinajstić information content (AvgIpc) is 2.47. The van der Waals surface area contributed by atoms with E-state index in [1.807, 2.05) is 0 Å². The highest BCUT2D eigenvalue weighted by molar-refractivity contribution is 6.31. The summed E-state index contributed by atoms with van der Waals surface area (Å²) in [4.78, 5) is 0. The van der Waals surface area contributed by atoms with Crippen molar-refractivity contribution in [3.8, 4) is 11.5 Å². The van der Waals surface area contributed by atoms with Crippen molar-refractivity contribution in [3.05, 3.63) is 22.7 Å². The van der Waals surface area contributed by atoms with Gasteiger partial charge in [0.2, 0.25) is 0 Å². The molecule has 0 amide bonds. The van der Waals surface area contributed by atoms with Gasteiger partial charge in [0, 0.05) is 11.6 Å². The van der Waals surface area contributed by atoms with E-state index in [2.05, 4.69) is 13.8 Å². The summed E-state index contributed by atoms with van der Waals surface area (Å²) in [5.74, 6) is 1.39. The van der Waals surface area contributed by atoms with Gasteiger partial charge in [0.05, 0.1) is 25.3 Å². The Balaban J connectivity index is 3.04. The van der Waals surface area contributed by atoms with Crippen molar-refractivity contribution in [1.82, 2.24) is 0 Å². The van der Waals surface area contributed by atoms with E-state index >= 15 is 0 Å². The molecule has 0 radical (unpaired) electrons. The van der Waals surface area contributed by atoms with E-state index < -0.39 is 6.10 Å². The van der Waals surface area contributed by atoms with Crippen LogP contribution in [0.2, 0.25) is 5.02 Å². The van der Waals surface area contributed by atoms with Crippen LogP contribution in [0.1, 0.15) is 51.2 Å². The Hall–Kier alpha value is -0.930. The Morgan fingerprint density at radius 2 is 1.75 bits per heavy atom. The summed E-state index contributed by atoms with van der Waals surface area (Å²) in [6.45, 7) is 4.25. The lowest BCUT2D eigenvalue weighted by atomic mass is 9.89. The first-order valence-electron chi connectivity index (χ1n) is 7.18. The zero-order chi connectivity index (χ0) is 15.1. The van der Waals surface area contributed by atoms with E-state index in [0.717, 1.165) is 25.7 Å². The van der Waals surface area contributed by atoms with E-state index in [9.17, 15) is 5.11 Å². The summed E-state index contributed by atoms with van der Waals surface area (Å²) in [7, 11) is 3.15. The molecule has 1 aromatic carbocycles. The molecule has 114 valence electrons. The standard InChI is InChI=1S/C16H25ClO3/c1-5-7-8-11(6-2)16(18)12-9-14(19-3)15(20-4)10-13(12)17/h9-11,16,18H,5-8H2,1-4H3. The van der Waals surface area contributed by atoms with Gasteiger partial charge in [0.15, 0.2) is 11.5 Å². The topological polar surface area (TPSA) is 38.7 Å². The Morgan fingerprint density at radius 1 is 1.15 bits per heavy atom. The van der Waals surface area contributed by atoms with E-state index in [4.69, 9.17) is 21.1 Å². The number of rotatable bonds is 8. The maximum atomic E-state index is 10.6. The van der Waals surface area contributed by atoms with Gasteiger partial charge in [-0.15, -0.1) is 0 Å². The number of aliphatic hydroxyl groups is 1. The fourth-order valence-electron chi connectivity index (χ4n) is 2.40. The van der Waals surface area contributed by atoms with Crippen LogP contribution in [0.15, 0.2) is 12.1 Å². The molecule has 0 aliphatic heterocycles. The highest BCUT2D eigenvalue weighted by atomic mass is 35.5. The summed E-state index contributed by atoms with van der Waals surface area (Å²) in [5.41, 5.74) is 0.715. The molecule has 2 atom stereocenters. The fourth-order valence-corrected chi connectivity index (χ4v) is 2.67. The van der Waals surface area contributed by atoms with Crippen molar-refractivity contribution in [2.45, 2.75) is 45.6 Å². The third kappa shape index (κ3) is 4.03. The Labute approximate surface area is 126 Å². The molecular formula is C16H25ClO3. The minimum absolute atomic E-state index is 0.213. The van der Waals surface area contributed by atoms with Crippen LogP contribution in [0.4, 0.5) is 0 Å². The van der Waals surface area contributed by atoms with E-state index in [-0.39, 0.29) is 5.92 Å². The molecule has 1 aromatic rings. The predicted molar refractivity (Wildman–Crippen MR) is 82.8 cm³/mol. The van der Waals surface area contributed by atoms with Gasteiger partial charge >= 0.3 is 0 Å². The average molecular weight is 301 g/mol. The molecule has 0 spiro atoms. The molecule has 4 heteroatoms. The predicted octanol–water partition coefficient (Wildman–Crippen LogP) is 4.61. The first kappa shape index (κ1) is 17.1. The van der Waals surface area contributed by atoms with Gasteiger partial charge < -0.3 is 14.6 Å². The van der Waals surface area contributed by atoms with Gasteiger partial charge in [-0.2, -0.15) is 0 Å². The number of benzene rings is 1. The van der Waals surface area contributed by atoms with Gasteiger partial charge in [-0.25, -0.2) is 0 Å². The van der Waals surface area contributed by atoms with Crippen LogP contribution in [0.3, 0.4) is 0 Å². The molecule has 0 bridgehead atoms. The minimum Gasteiger partial charge on any atom is -0.493 e. The van der Waals surface area contributed by atoms with Crippen LogP contribution in [-0.4, -0.2) is 19.3 Å². The molecule has 0 fully saturated rings. The molecule has 1 N–H and O–H groups in total. The van der Waals surface area contributed by atoms with Crippen molar-refractivity contribution in [2.24, 2.45) is 5.92 Å². The number of hydrogen-bond acceptors (Lipinski definition) is 3. The van der Waals surface area contributed by atoms with Crippen molar-refractivity contribution in [1.29, 1.82) is 0 Å². The number of unbranched alkanes of at least 4 members (excludes halogenated alkanes) is 1. The van der Waals surface area contributed by atoms with Crippen molar-refractivity contribution in [3.63, 3.8) is 0 Å². The highest BCUT2D eigenvalue weighted by Crippen LogP contribution is 2.39. The molecule has 3 nitrogen and oxygen atoms in total. The lowest BCUT2D eigenvalue weighted by Crippen LogP contribution is -2.13. The number of hydrogen-bond donors (Lipinski definition) is 1. The first-order valence-corrected chi connectivity index (χ1v) is 7.56. The number of ether oxygens (including phenoxy) is 2. The zero-order valence-corrected chi connectivity index (χ0v) is 13.5. The summed E-state index contributed by atoms with van der Waals surface area (Å²) < 4.78 is 10.5. The number of methoxy groups -OCH3 is 2. The summed E-state index contributed by atoms with van der Waals surface area (Å²) in [5, 5.41) is 11.1. The first-order chi connectivity index (χ1) is 9.58. The molecule has 0 heterocycles. The molecule has 20 heavy (non-hydrogen) atoms. The van der Waals surface area contributed by atoms with Gasteiger partial charge in [0.1, 0.15) is 0 Å². The minimum atomic E-state index is -0.571. The molecule has 0 saturated carbocycles. The van der Waals surface area contributed by atoms with E-state index in [0.29, 0.717) is 22.1 Å². The summed E-state index contributed by atoms with van der Waals surface area (Å²) >= 11 is 6.27. The second-order valence-corrected chi connectivity index (χ2v) is 5.39. The van der Waals surface area contributed by atoms with Gasteiger partial charge in [0.25, 0.3) is 0 Å². The van der Waals surface area contributed by atoms with Crippen LogP contribution >= 0.6 is 11.6 Å². The maximum absolute atomic E-state index is 10.6. The third-order valence-corrected chi connectivity index (χ3v) is 4.05. The Bertz CT molecular complexity index is 420. The van der Waals surface area contributed by atoms with Crippen LogP contribution in [-0.2, 0) is 0 Å². The Kier molecular flexibility index (Phi) is 7.17. The van der Waals surface area contributed by atoms with Crippen LogP contribution in [0.5, 0.6) is 11.5 Å². The molecular weight excluding hydrogens is 276 g/mol. The molecule has 2 unspecified atom stereocenters. The monoisotopic (exact) mass is 300 g/mol. The largest absolute Gasteiger partial charge is 0.493 e. The van der Waals surface area contributed by atoms with Gasteiger partial charge in [-0.05, 0) is 18.4 Å². The maximum Gasteiger partial charge on any atom is 0.162 e. The zero-order valence-electron chi connectivity index (χ0n) is 12.8. The van der Waals surface area contributed by atoms with Crippen LogP contribution < -0.4 is 9.47 Å². The third-order valence-electron chi connectivity index (χ3n) is 3.72. The quantitative estimate of drug-likeness (QED) is 0.762. The molecule has 0 aliphatic rings. The van der Waals surface area contributed by atoms with Crippen molar-refractivity contribution >= 4 is 11.6 Å². The normalized spacial score (nSPS) is 13.9. The molecule has 0 aliphatic carbocycles. The van der Waals surface area contributed by atoms with Crippen molar-refractivity contribution < 1.29 is 14.6 Å². The molecule has 0 aromatic heterocycles. The van der Waals surface area contributed by atoms with Crippen LogP contribution in [0, 0.1) is 5.92 Å². The SMILES string of the molecule is CCCCC(CC)C(O)c1cc(OC)c(OC)cc1Cl. The van der Waals surface area contributed by atoms with Gasteiger partial charge in [-0.3, -0.25) is 0 Å². The number of aliphatic hydroxyl groups excluding tert-OH is 1. The number of halogens is 1. The Morgan fingerprint density at radius 3 is 2.25 bits per heavy atom. The van der Waals surface area contributed by atoms with Crippen molar-refractivity contribution in [2.75, 3.05) is 14.2 Å².